The maximum absolute atomic E-state index is 13.2. The fraction of sp³-hybridized carbons (Fsp3) is 0.280. The van der Waals surface area contributed by atoms with E-state index in [0.717, 1.165) is 5.56 Å². The number of hydrogen-bond donors (Lipinski definition) is 2. The molecule has 1 unspecified atom stereocenters. The topological polar surface area (TPSA) is 126 Å². The molecule has 2 aromatic carbocycles. The first-order valence-electron chi connectivity index (χ1n) is 11.1. The van der Waals surface area contributed by atoms with E-state index in [1.807, 2.05) is 37.3 Å². The van der Waals surface area contributed by atoms with Crippen molar-refractivity contribution in [3.05, 3.63) is 75.6 Å². The van der Waals surface area contributed by atoms with Crippen LogP contribution in [-0.4, -0.2) is 34.6 Å². The van der Waals surface area contributed by atoms with Gasteiger partial charge in [-0.15, -0.1) is 0 Å². The third-order valence-corrected chi connectivity index (χ3v) is 6.65. The lowest BCUT2D eigenvalue weighted by Gasteiger charge is -2.28. The fourth-order valence-electron chi connectivity index (χ4n) is 3.95. The number of fused-ring (bicyclic) bond motifs is 1. The number of primary amides is 1. The van der Waals surface area contributed by atoms with Crippen LogP contribution in [0.4, 0.5) is 5.82 Å². The van der Waals surface area contributed by atoms with Gasteiger partial charge >= 0.3 is 0 Å². The number of hydrogen-bond acceptors (Lipinski definition) is 7. The second-order valence-electron chi connectivity index (χ2n) is 7.99. The van der Waals surface area contributed by atoms with E-state index < -0.39 is 11.8 Å². The van der Waals surface area contributed by atoms with Crippen molar-refractivity contribution in [2.75, 3.05) is 18.5 Å². The van der Waals surface area contributed by atoms with Gasteiger partial charge < -0.3 is 25.1 Å². The van der Waals surface area contributed by atoms with Crippen molar-refractivity contribution in [3.8, 4) is 11.5 Å². The second kappa shape index (κ2) is 10.6. The van der Waals surface area contributed by atoms with Gasteiger partial charge in [0.15, 0.2) is 23.3 Å². The molecule has 0 saturated carbocycles. The van der Waals surface area contributed by atoms with Crippen LogP contribution in [-0.2, 0) is 22.4 Å². The largest absolute Gasteiger partial charge is 0.490 e. The van der Waals surface area contributed by atoms with Crippen LogP contribution < -0.4 is 26.1 Å². The predicted octanol–water partition coefficient (Wildman–Crippen LogP) is 2.81. The van der Waals surface area contributed by atoms with Gasteiger partial charge in [-0.05, 0) is 30.2 Å². The molecule has 35 heavy (non-hydrogen) atoms. The van der Waals surface area contributed by atoms with Gasteiger partial charge in [0, 0.05) is 25.1 Å². The molecule has 4 rings (SSSR count). The number of benzene rings is 2. The van der Waals surface area contributed by atoms with Crippen molar-refractivity contribution >= 4 is 29.4 Å². The van der Waals surface area contributed by atoms with Crippen LogP contribution in [0.25, 0.3) is 0 Å². The van der Waals surface area contributed by atoms with Gasteiger partial charge in [-0.1, -0.05) is 48.2 Å². The quantitative estimate of drug-likeness (QED) is 0.346. The second-order valence-corrected chi connectivity index (χ2v) is 8.94. The molecule has 2 amide bonds. The molecule has 182 valence electrons. The fourth-order valence-corrected chi connectivity index (χ4v) is 4.87. The molecule has 0 spiro atoms. The zero-order valence-electron chi connectivity index (χ0n) is 19.4. The van der Waals surface area contributed by atoms with Crippen LogP contribution in [0.2, 0.25) is 0 Å². The third-order valence-electron chi connectivity index (χ3n) is 5.55. The number of rotatable bonds is 9. The van der Waals surface area contributed by atoms with E-state index in [9.17, 15) is 14.4 Å². The average molecular weight is 495 g/mol. The molecule has 0 saturated heterocycles. The van der Waals surface area contributed by atoms with Crippen LogP contribution in [0.15, 0.2) is 58.5 Å². The van der Waals surface area contributed by atoms with E-state index in [0.29, 0.717) is 46.0 Å². The molecule has 10 heteroatoms. The van der Waals surface area contributed by atoms with Crippen molar-refractivity contribution in [2.45, 2.75) is 30.2 Å². The number of carbonyl (C=O) groups is 2. The predicted molar refractivity (Wildman–Crippen MR) is 133 cm³/mol. The van der Waals surface area contributed by atoms with Gasteiger partial charge in [0.05, 0.1) is 12.2 Å². The lowest BCUT2D eigenvalue weighted by Crippen LogP contribution is -2.33. The Balaban J connectivity index is 1.69. The minimum atomic E-state index is -0.607. The first-order valence-corrected chi connectivity index (χ1v) is 12.1. The van der Waals surface area contributed by atoms with E-state index in [1.165, 1.54) is 11.8 Å². The summed E-state index contributed by atoms with van der Waals surface area (Å²) in [7, 11) is 1.79. The number of anilines is 1. The molecule has 1 aliphatic heterocycles. The number of amides is 2. The van der Waals surface area contributed by atoms with Crippen LogP contribution in [0.3, 0.4) is 0 Å². The Bertz CT molecular complexity index is 1310. The molecular formula is C25H26N4O5S. The van der Waals surface area contributed by atoms with E-state index in [1.54, 1.807) is 29.8 Å². The highest BCUT2D eigenvalue weighted by Crippen LogP contribution is 2.39. The first-order chi connectivity index (χ1) is 16.9. The zero-order chi connectivity index (χ0) is 24.9. The number of thioether (sulfide) groups is 1. The van der Waals surface area contributed by atoms with Crippen LogP contribution >= 0.6 is 11.8 Å². The van der Waals surface area contributed by atoms with Crippen molar-refractivity contribution in [1.29, 1.82) is 0 Å². The Kier molecular flexibility index (Phi) is 7.40. The van der Waals surface area contributed by atoms with E-state index >= 15 is 0 Å². The smallest absolute Gasteiger partial charge is 0.279 e. The summed E-state index contributed by atoms with van der Waals surface area (Å²) in [6.45, 7) is 1.90. The number of ether oxygens (including phenoxy) is 2. The van der Waals surface area contributed by atoms with Crippen LogP contribution in [0, 0.1) is 0 Å². The van der Waals surface area contributed by atoms with Crippen molar-refractivity contribution in [2.24, 2.45) is 12.8 Å². The summed E-state index contributed by atoms with van der Waals surface area (Å²) in [4.78, 5) is 41.3. The average Bonchev–Trinajstić information content (AvgIpc) is 2.84. The van der Waals surface area contributed by atoms with Crippen LogP contribution in [0.1, 0.15) is 36.0 Å². The summed E-state index contributed by atoms with van der Waals surface area (Å²) >= 11 is 1.43. The zero-order valence-corrected chi connectivity index (χ0v) is 20.3. The summed E-state index contributed by atoms with van der Waals surface area (Å²) in [5.41, 5.74) is 7.03. The highest BCUT2D eigenvalue weighted by atomic mass is 32.2. The Labute approximate surface area is 206 Å². The Morgan fingerprint density at radius 2 is 1.94 bits per heavy atom. The van der Waals surface area contributed by atoms with Gasteiger partial charge in [-0.25, -0.2) is 0 Å². The molecule has 3 aromatic rings. The molecule has 0 radical (unpaired) electrons. The van der Waals surface area contributed by atoms with Crippen molar-refractivity contribution < 1.29 is 19.1 Å². The molecule has 0 bridgehead atoms. The van der Waals surface area contributed by atoms with E-state index in [4.69, 9.17) is 15.2 Å². The lowest BCUT2D eigenvalue weighted by atomic mass is 9.86. The number of nitrogens with two attached hydrogens (primary N) is 1. The number of aromatic nitrogens is 2. The molecule has 1 atom stereocenters. The van der Waals surface area contributed by atoms with Crippen molar-refractivity contribution in [3.63, 3.8) is 0 Å². The summed E-state index contributed by atoms with van der Waals surface area (Å²) in [6, 6.07) is 15.0. The van der Waals surface area contributed by atoms with Gasteiger partial charge in [-0.2, -0.15) is 4.98 Å². The molecule has 3 N–H and O–H groups in total. The molecule has 9 nitrogen and oxygen atoms in total. The SMILES string of the molecule is CCOc1cc(C2CC(=O)Nc3c2c(=O)nc(SCc2ccccc2)n3C)ccc1OCC(N)=O. The maximum Gasteiger partial charge on any atom is 0.279 e. The molecule has 2 heterocycles. The molecule has 0 fully saturated rings. The summed E-state index contributed by atoms with van der Waals surface area (Å²) in [5.74, 6) is 0.519. The molecule has 1 aliphatic rings. The number of nitrogens with one attached hydrogen (secondary N) is 1. The summed E-state index contributed by atoms with van der Waals surface area (Å²) < 4.78 is 12.9. The minimum absolute atomic E-state index is 0.0908. The highest BCUT2D eigenvalue weighted by Gasteiger charge is 2.32. The third kappa shape index (κ3) is 5.48. The van der Waals surface area contributed by atoms with Crippen LogP contribution in [0.5, 0.6) is 11.5 Å². The first kappa shape index (κ1) is 24.3. The summed E-state index contributed by atoms with van der Waals surface area (Å²) in [5, 5.41) is 3.37. The van der Waals surface area contributed by atoms with Gasteiger partial charge in [0.25, 0.3) is 11.5 Å². The Morgan fingerprint density at radius 1 is 1.17 bits per heavy atom. The number of carbonyl (C=O) groups excluding carboxylic acids is 2. The molecule has 1 aromatic heterocycles. The highest BCUT2D eigenvalue weighted by molar-refractivity contribution is 7.98. The Morgan fingerprint density at radius 3 is 2.66 bits per heavy atom. The van der Waals surface area contributed by atoms with Gasteiger partial charge in [0.2, 0.25) is 5.91 Å². The standard InChI is InChI=1S/C25H26N4O5S/c1-3-33-19-11-16(9-10-18(19)34-13-20(26)30)17-12-21(31)27-23-22(17)24(32)28-25(29(23)2)35-14-15-7-5-4-6-8-15/h4-11,17H,3,12-14H2,1-2H3,(H2,26,30)(H,27,31). The maximum atomic E-state index is 13.2. The Hall–Kier alpha value is -3.79. The van der Waals surface area contributed by atoms with Crippen molar-refractivity contribution in [1.82, 2.24) is 9.55 Å². The van der Waals surface area contributed by atoms with Gasteiger partial charge in [0.1, 0.15) is 5.82 Å². The minimum Gasteiger partial charge on any atom is -0.490 e. The van der Waals surface area contributed by atoms with E-state index in [2.05, 4.69) is 10.3 Å². The molecular weight excluding hydrogens is 468 g/mol. The normalized spacial score (nSPS) is 14.7. The van der Waals surface area contributed by atoms with E-state index in [-0.39, 0.29) is 24.5 Å². The van der Waals surface area contributed by atoms with Gasteiger partial charge in [-0.3, -0.25) is 14.4 Å². The lowest BCUT2D eigenvalue weighted by molar-refractivity contribution is -0.120. The molecule has 0 aliphatic carbocycles. The monoisotopic (exact) mass is 494 g/mol. The summed E-state index contributed by atoms with van der Waals surface area (Å²) in [6.07, 6.45) is 0.0908. The number of nitrogens with zero attached hydrogens (tertiary/aromatic N) is 2.